The standard InChI is InChI=1S/C12H28N2O2S/c1-6-8-14(9-7-2)17(15,16)10-11(13)12(3,4)5/h11H,6-10,13H2,1-5H3. The Hall–Kier alpha value is -0.130. The molecule has 17 heavy (non-hydrogen) atoms. The van der Waals surface area contributed by atoms with Gasteiger partial charge in [-0.2, -0.15) is 0 Å². The fourth-order valence-electron chi connectivity index (χ4n) is 1.47. The van der Waals surface area contributed by atoms with Gasteiger partial charge in [-0.1, -0.05) is 34.6 Å². The third kappa shape index (κ3) is 5.84. The Morgan fingerprint density at radius 2 is 1.53 bits per heavy atom. The number of rotatable bonds is 7. The highest BCUT2D eigenvalue weighted by atomic mass is 32.2. The molecule has 0 aromatic rings. The summed E-state index contributed by atoms with van der Waals surface area (Å²) in [6.07, 6.45) is 1.67. The predicted molar refractivity (Wildman–Crippen MR) is 73.4 cm³/mol. The van der Waals surface area contributed by atoms with Gasteiger partial charge in [0.15, 0.2) is 0 Å². The van der Waals surface area contributed by atoms with Gasteiger partial charge in [-0.3, -0.25) is 0 Å². The molecule has 0 aliphatic heterocycles. The average Bonchev–Trinajstić information content (AvgIpc) is 2.15. The van der Waals surface area contributed by atoms with Crippen LogP contribution in [0, 0.1) is 5.41 Å². The van der Waals surface area contributed by atoms with Crippen molar-refractivity contribution in [3.63, 3.8) is 0 Å². The average molecular weight is 264 g/mol. The highest BCUT2D eigenvalue weighted by Crippen LogP contribution is 2.20. The van der Waals surface area contributed by atoms with E-state index in [0.29, 0.717) is 13.1 Å². The summed E-state index contributed by atoms with van der Waals surface area (Å²) in [7, 11) is -3.22. The van der Waals surface area contributed by atoms with E-state index in [4.69, 9.17) is 5.73 Å². The van der Waals surface area contributed by atoms with Crippen molar-refractivity contribution in [1.29, 1.82) is 0 Å². The summed E-state index contributed by atoms with van der Waals surface area (Å²) in [5, 5.41) is 0. The molecule has 0 aromatic carbocycles. The Bertz CT molecular complexity index is 301. The molecule has 0 aliphatic rings. The molecule has 0 aromatic heterocycles. The van der Waals surface area contributed by atoms with Crippen LogP contribution in [0.2, 0.25) is 0 Å². The Morgan fingerprint density at radius 1 is 1.12 bits per heavy atom. The SMILES string of the molecule is CCCN(CCC)S(=O)(=O)CC(N)C(C)(C)C. The van der Waals surface area contributed by atoms with E-state index < -0.39 is 10.0 Å². The molecule has 104 valence electrons. The van der Waals surface area contributed by atoms with E-state index >= 15 is 0 Å². The van der Waals surface area contributed by atoms with Crippen LogP contribution in [0.15, 0.2) is 0 Å². The van der Waals surface area contributed by atoms with Crippen molar-refractivity contribution in [2.45, 2.75) is 53.5 Å². The fourth-order valence-corrected chi connectivity index (χ4v) is 3.56. The highest BCUT2D eigenvalue weighted by molar-refractivity contribution is 7.89. The summed E-state index contributed by atoms with van der Waals surface area (Å²) < 4.78 is 26.0. The van der Waals surface area contributed by atoms with Gasteiger partial charge in [0.05, 0.1) is 5.75 Å². The second-order valence-corrected chi connectivity index (χ2v) is 7.66. The molecule has 0 amide bonds. The first-order chi connectivity index (χ1) is 7.65. The quantitative estimate of drug-likeness (QED) is 0.763. The Kier molecular flexibility index (Phi) is 6.66. The molecular weight excluding hydrogens is 236 g/mol. The number of hydrogen-bond donors (Lipinski definition) is 1. The van der Waals surface area contributed by atoms with E-state index in [2.05, 4.69) is 0 Å². The van der Waals surface area contributed by atoms with Crippen molar-refractivity contribution in [2.75, 3.05) is 18.8 Å². The fraction of sp³-hybridized carbons (Fsp3) is 1.00. The second kappa shape index (κ2) is 6.71. The zero-order chi connectivity index (χ0) is 13.7. The van der Waals surface area contributed by atoms with Gasteiger partial charge in [-0.25, -0.2) is 12.7 Å². The molecule has 0 bridgehead atoms. The lowest BCUT2D eigenvalue weighted by molar-refractivity contribution is 0.332. The molecule has 0 saturated heterocycles. The van der Waals surface area contributed by atoms with Crippen LogP contribution in [-0.2, 0) is 10.0 Å². The van der Waals surface area contributed by atoms with Crippen molar-refractivity contribution in [1.82, 2.24) is 4.31 Å². The molecule has 4 nitrogen and oxygen atoms in total. The maximum atomic E-state index is 12.2. The maximum absolute atomic E-state index is 12.2. The summed E-state index contributed by atoms with van der Waals surface area (Å²) in [4.78, 5) is 0. The minimum Gasteiger partial charge on any atom is -0.326 e. The number of sulfonamides is 1. The zero-order valence-electron chi connectivity index (χ0n) is 11.9. The van der Waals surface area contributed by atoms with E-state index in [0.717, 1.165) is 12.8 Å². The largest absolute Gasteiger partial charge is 0.326 e. The number of hydrogen-bond acceptors (Lipinski definition) is 3. The van der Waals surface area contributed by atoms with E-state index in [1.165, 1.54) is 0 Å². The summed E-state index contributed by atoms with van der Waals surface area (Å²) in [6.45, 7) is 11.1. The number of nitrogens with zero attached hydrogens (tertiary/aromatic N) is 1. The topological polar surface area (TPSA) is 63.4 Å². The van der Waals surface area contributed by atoms with Crippen molar-refractivity contribution < 1.29 is 8.42 Å². The summed E-state index contributed by atoms with van der Waals surface area (Å²) in [6, 6.07) is -0.330. The van der Waals surface area contributed by atoms with Crippen LogP contribution in [0.1, 0.15) is 47.5 Å². The monoisotopic (exact) mass is 264 g/mol. The van der Waals surface area contributed by atoms with E-state index in [-0.39, 0.29) is 17.2 Å². The van der Waals surface area contributed by atoms with Gasteiger partial charge in [-0.05, 0) is 18.3 Å². The normalized spacial score (nSPS) is 15.2. The lowest BCUT2D eigenvalue weighted by Gasteiger charge is -2.29. The molecule has 5 heteroatoms. The first-order valence-corrected chi connectivity index (χ1v) is 7.99. The van der Waals surface area contributed by atoms with Gasteiger partial charge in [0.2, 0.25) is 10.0 Å². The lowest BCUT2D eigenvalue weighted by Crippen LogP contribution is -2.46. The minimum atomic E-state index is -3.22. The molecule has 1 unspecified atom stereocenters. The van der Waals surface area contributed by atoms with Gasteiger partial charge >= 0.3 is 0 Å². The predicted octanol–water partition coefficient (Wildman–Crippen LogP) is 1.81. The smallest absolute Gasteiger partial charge is 0.215 e. The van der Waals surface area contributed by atoms with Crippen molar-refractivity contribution in [3.05, 3.63) is 0 Å². The van der Waals surface area contributed by atoms with E-state index in [9.17, 15) is 8.42 Å². The van der Waals surface area contributed by atoms with Gasteiger partial charge in [-0.15, -0.1) is 0 Å². The van der Waals surface area contributed by atoms with Crippen molar-refractivity contribution in [2.24, 2.45) is 11.1 Å². The minimum absolute atomic E-state index is 0.0382. The maximum Gasteiger partial charge on any atom is 0.215 e. The molecule has 0 rings (SSSR count). The molecule has 0 spiro atoms. The third-order valence-electron chi connectivity index (χ3n) is 2.84. The van der Waals surface area contributed by atoms with E-state index in [1.807, 2.05) is 34.6 Å². The molecule has 0 aliphatic carbocycles. The van der Waals surface area contributed by atoms with E-state index in [1.54, 1.807) is 4.31 Å². The first kappa shape index (κ1) is 16.9. The van der Waals surface area contributed by atoms with Gasteiger partial charge in [0, 0.05) is 19.1 Å². The van der Waals surface area contributed by atoms with Crippen LogP contribution in [0.4, 0.5) is 0 Å². The Morgan fingerprint density at radius 3 is 1.82 bits per heavy atom. The van der Waals surface area contributed by atoms with Crippen LogP contribution in [0.3, 0.4) is 0 Å². The molecule has 0 heterocycles. The summed E-state index contributed by atoms with van der Waals surface area (Å²) >= 11 is 0. The second-order valence-electron chi connectivity index (χ2n) is 5.65. The molecule has 2 N–H and O–H groups in total. The third-order valence-corrected chi connectivity index (χ3v) is 4.77. The van der Waals surface area contributed by atoms with Crippen LogP contribution in [0.5, 0.6) is 0 Å². The number of nitrogens with two attached hydrogens (primary N) is 1. The van der Waals surface area contributed by atoms with Gasteiger partial charge in [0.1, 0.15) is 0 Å². The molecule has 1 atom stereocenters. The Balaban J connectivity index is 4.74. The molecule has 0 radical (unpaired) electrons. The van der Waals surface area contributed by atoms with Crippen LogP contribution >= 0.6 is 0 Å². The van der Waals surface area contributed by atoms with Crippen molar-refractivity contribution in [3.8, 4) is 0 Å². The first-order valence-electron chi connectivity index (χ1n) is 6.38. The van der Waals surface area contributed by atoms with Crippen LogP contribution in [-0.4, -0.2) is 37.6 Å². The van der Waals surface area contributed by atoms with Crippen LogP contribution in [0.25, 0.3) is 0 Å². The zero-order valence-corrected chi connectivity index (χ0v) is 12.7. The van der Waals surface area contributed by atoms with Gasteiger partial charge < -0.3 is 5.73 Å². The highest BCUT2D eigenvalue weighted by Gasteiger charge is 2.29. The summed E-state index contributed by atoms with van der Waals surface area (Å²) in [5.74, 6) is 0.0382. The van der Waals surface area contributed by atoms with Crippen molar-refractivity contribution >= 4 is 10.0 Å². The summed E-state index contributed by atoms with van der Waals surface area (Å²) in [5.41, 5.74) is 5.78. The lowest BCUT2D eigenvalue weighted by atomic mass is 9.89. The molecular formula is C12H28N2O2S. The molecule has 0 fully saturated rings. The van der Waals surface area contributed by atoms with Gasteiger partial charge in [0.25, 0.3) is 0 Å². The Labute approximate surface area is 107 Å². The van der Waals surface area contributed by atoms with Crippen LogP contribution < -0.4 is 5.73 Å². The molecule has 0 saturated carbocycles.